The minimum absolute atomic E-state index is 0.535. The monoisotopic (exact) mass is 268 g/mol. The summed E-state index contributed by atoms with van der Waals surface area (Å²) in [5, 5.41) is 7.13. The molecular formula is C11H10Cl2N4. The van der Waals surface area contributed by atoms with Crippen LogP contribution in [-0.2, 0) is 0 Å². The van der Waals surface area contributed by atoms with Crippen molar-refractivity contribution in [1.29, 1.82) is 0 Å². The van der Waals surface area contributed by atoms with Gasteiger partial charge >= 0.3 is 0 Å². The van der Waals surface area contributed by atoms with Gasteiger partial charge < -0.3 is 10.6 Å². The molecule has 0 aliphatic carbocycles. The minimum atomic E-state index is 0.535. The molecule has 0 saturated heterocycles. The van der Waals surface area contributed by atoms with Crippen molar-refractivity contribution in [2.24, 2.45) is 0 Å². The van der Waals surface area contributed by atoms with Crippen molar-refractivity contribution in [3.63, 3.8) is 0 Å². The number of nitrogens with zero attached hydrogens (tertiary/aromatic N) is 2. The van der Waals surface area contributed by atoms with Gasteiger partial charge in [-0.15, -0.1) is 0 Å². The van der Waals surface area contributed by atoms with E-state index in [9.17, 15) is 0 Å². The van der Waals surface area contributed by atoms with Crippen LogP contribution < -0.4 is 10.6 Å². The highest BCUT2D eigenvalue weighted by molar-refractivity contribution is 6.35. The number of hydrogen-bond donors (Lipinski definition) is 2. The topological polar surface area (TPSA) is 49.8 Å². The lowest BCUT2D eigenvalue weighted by molar-refractivity contribution is 1.15. The normalized spacial score (nSPS) is 10.1. The van der Waals surface area contributed by atoms with E-state index in [0.717, 1.165) is 0 Å². The van der Waals surface area contributed by atoms with Crippen LogP contribution in [0.2, 0.25) is 10.0 Å². The fourth-order valence-corrected chi connectivity index (χ4v) is 1.62. The molecule has 0 aliphatic heterocycles. The number of rotatable bonds is 3. The van der Waals surface area contributed by atoms with Crippen molar-refractivity contribution in [1.82, 2.24) is 9.97 Å². The number of hydrogen-bond acceptors (Lipinski definition) is 4. The van der Waals surface area contributed by atoms with E-state index in [1.807, 2.05) is 0 Å². The molecule has 0 fully saturated rings. The van der Waals surface area contributed by atoms with Gasteiger partial charge in [-0.1, -0.05) is 23.2 Å². The van der Waals surface area contributed by atoms with Gasteiger partial charge in [0.25, 0.3) is 0 Å². The van der Waals surface area contributed by atoms with Crippen LogP contribution >= 0.6 is 23.2 Å². The summed E-state index contributed by atoms with van der Waals surface area (Å²) in [6, 6.07) is 6.95. The molecule has 17 heavy (non-hydrogen) atoms. The number of nitrogens with one attached hydrogen (secondary N) is 2. The predicted molar refractivity (Wildman–Crippen MR) is 71.3 cm³/mol. The lowest BCUT2D eigenvalue weighted by atomic mass is 10.3. The van der Waals surface area contributed by atoms with E-state index >= 15 is 0 Å². The first-order chi connectivity index (χ1) is 8.19. The second-order valence-electron chi connectivity index (χ2n) is 3.26. The maximum absolute atomic E-state index is 6.04. The van der Waals surface area contributed by atoms with E-state index in [1.165, 1.54) is 0 Å². The number of halogens is 2. The number of aromatic nitrogens is 2. The minimum Gasteiger partial charge on any atom is -0.357 e. The summed E-state index contributed by atoms with van der Waals surface area (Å²) in [7, 11) is 1.76. The highest BCUT2D eigenvalue weighted by Gasteiger charge is 2.03. The molecule has 2 N–H and O–H groups in total. The summed E-state index contributed by atoms with van der Waals surface area (Å²) < 4.78 is 0. The van der Waals surface area contributed by atoms with Crippen LogP contribution in [0.4, 0.5) is 17.5 Å². The van der Waals surface area contributed by atoms with Crippen molar-refractivity contribution in [3.8, 4) is 0 Å². The maximum Gasteiger partial charge on any atom is 0.224 e. The molecule has 1 heterocycles. The summed E-state index contributed by atoms with van der Waals surface area (Å²) in [5.41, 5.74) is 0.708. The van der Waals surface area contributed by atoms with Crippen LogP contribution in [0.15, 0.2) is 30.5 Å². The zero-order valence-electron chi connectivity index (χ0n) is 9.04. The highest BCUT2D eigenvalue weighted by atomic mass is 35.5. The van der Waals surface area contributed by atoms with Gasteiger partial charge in [-0.25, -0.2) is 4.98 Å². The summed E-state index contributed by atoms with van der Waals surface area (Å²) in [6.45, 7) is 0. The highest BCUT2D eigenvalue weighted by Crippen LogP contribution is 2.27. The summed E-state index contributed by atoms with van der Waals surface area (Å²) in [4.78, 5) is 8.24. The lowest BCUT2D eigenvalue weighted by Crippen LogP contribution is -2.00. The Kier molecular flexibility index (Phi) is 3.66. The van der Waals surface area contributed by atoms with Crippen LogP contribution in [0.5, 0.6) is 0 Å². The molecule has 2 rings (SSSR count). The van der Waals surface area contributed by atoms with Crippen molar-refractivity contribution < 1.29 is 0 Å². The fourth-order valence-electron chi connectivity index (χ4n) is 1.28. The predicted octanol–water partition coefficient (Wildman–Crippen LogP) is 3.57. The van der Waals surface area contributed by atoms with Crippen molar-refractivity contribution in [2.45, 2.75) is 0 Å². The Morgan fingerprint density at radius 1 is 1.18 bits per heavy atom. The third kappa shape index (κ3) is 2.99. The van der Waals surface area contributed by atoms with Crippen molar-refractivity contribution >= 4 is 40.7 Å². The molecule has 2 aromatic rings. The average Bonchev–Trinajstić information content (AvgIpc) is 2.34. The first-order valence-corrected chi connectivity index (χ1v) is 5.67. The van der Waals surface area contributed by atoms with Gasteiger partial charge in [0, 0.05) is 18.3 Å². The van der Waals surface area contributed by atoms with Crippen LogP contribution in [-0.4, -0.2) is 17.0 Å². The van der Waals surface area contributed by atoms with E-state index in [1.54, 1.807) is 37.5 Å². The molecular weight excluding hydrogens is 259 g/mol. The zero-order chi connectivity index (χ0) is 12.3. The largest absolute Gasteiger partial charge is 0.357 e. The Bertz CT molecular complexity index is 531. The first kappa shape index (κ1) is 12.0. The van der Waals surface area contributed by atoms with Gasteiger partial charge in [-0.3, -0.25) is 0 Å². The molecule has 0 saturated carbocycles. The first-order valence-electron chi connectivity index (χ1n) is 4.92. The van der Waals surface area contributed by atoms with Gasteiger partial charge in [0.05, 0.1) is 10.7 Å². The second-order valence-corrected chi connectivity index (χ2v) is 4.11. The Morgan fingerprint density at radius 2 is 2.00 bits per heavy atom. The molecule has 0 unspecified atom stereocenters. The molecule has 0 aliphatic rings. The van der Waals surface area contributed by atoms with Gasteiger partial charge in [0.2, 0.25) is 5.95 Å². The van der Waals surface area contributed by atoms with E-state index in [2.05, 4.69) is 20.6 Å². The average molecular weight is 269 g/mol. The Labute approximate surface area is 109 Å². The van der Waals surface area contributed by atoms with Crippen LogP contribution in [0.3, 0.4) is 0 Å². The maximum atomic E-state index is 6.04. The zero-order valence-corrected chi connectivity index (χ0v) is 10.5. The Hall–Kier alpha value is -1.52. The van der Waals surface area contributed by atoms with E-state index in [4.69, 9.17) is 23.2 Å². The van der Waals surface area contributed by atoms with Crippen LogP contribution in [0.1, 0.15) is 0 Å². The molecule has 6 heteroatoms. The molecule has 4 nitrogen and oxygen atoms in total. The van der Waals surface area contributed by atoms with E-state index < -0.39 is 0 Å². The summed E-state index contributed by atoms with van der Waals surface area (Å²) in [5.74, 6) is 1.18. The Balaban J connectivity index is 2.27. The lowest BCUT2D eigenvalue weighted by Gasteiger charge is -2.08. The molecule has 0 amide bonds. The number of benzene rings is 1. The molecule has 0 bridgehead atoms. The standard InChI is InChI=1S/C11H10Cl2N4/c1-14-11-15-5-4-10(17-11)16-9-6-7(12)2-3-8(9)13/h2-6H,1H3,(H2,14,15,16,17). The molecule has 0 atom stereocenters. The van der Waals surface area contributed by atoms with Crippen molar-refractivity contribution in [3.05, 3.63) is 40.5 Å². The molecule has 88 valence electrons. The molecule has 1 aromatic carbocycles. The SMILES string of the molecule is CNc1nccc(Nc2cc(Cl)ccc2Cl)n1. The smallest absolute Gasteiger partial charge is 0.224 e. The van der Waals surface area contributed by atoms with Gasteiger partial charge in [0.15, 0.2) is 0 Å². The Morgan fingerprint density at radius 3 is 2.76 bits per heavy atom. The molecule has 0 radical (unpaired) electrons. The third-order valence-corrected chi connectivity index (χ3v) is 2.64. The van der Waals surface area contributed by atoms with E-state index in [-0.39, 0.29) is 0 Å². The quantitative estimate of drug-likeness (QED) is 0.894. The van der Waals surface area contributed by atoms with Gasteiger partial charge in [0.1, 0.15) is 5.82 Å². The van der Waals surface area contributed by atoms with E-state index in [0.29, 0.717) is 27.5 Å². The second kappa shape index (κ2) is 5.21. The van der Waals surface area contributed by atoms with Gasteiger partial charge in [-0.2, -0.15) is 4.98 Å². The fraction of sp³-hybridized carbons (Fsp3) is 0.0909. The third-order valence-electron chi connectivity index (χ3n) is 2.07. The molecule has 0 spiro atoms. The summed E-state index contributed by atoms with van der Waals surface area (Å²) in [6.07, 6.45) is 1.65. The number of anilines is 3. The molecule has 1 aromatic heterocycles. The van der Waals surface area contributed by atoms with Gasteiger partial charge in [-0.05, 0) is 24.3 Å². The van der Waals surface area contributed by atoms with Crippen LogP contribution in [0.25, 0.3) is 0 Å². The summed E-state index contributed by atoms with van der Waals surface area (Å²) >= 11 is 11.9. The van der Waals surface area contributed by atoms with Crippen molar-refractivity contribution in [2.75, 3.05) is 17.7 Å². The van der Waals surface area contributed by atoms with Crippen LogP contribution in [0, 0.1) is 0 Å².